The summed E-state index contributed by atoms with van der Waals surface area (Å²) in [6.07, 6.45) is 5.90. The van der Waals surface area contributed by atoms with Crippen molar-refractivity contribution in [1.29, 1.82) is 0 Å². The van der Waals surface area contributed by atoms with Crippen LogP contribution in [-0.2, 0) is 16.1 Å². The van der Waals surface area contributed by atoms with E-state index in [1.54, 1.807) is 6.20 Å². The molecule has 0 bridgehead atoms. The minimum Gasteiger partial charge on any atom is -0.372 e. The van der Waals surface area contributed by atoms with Gasteiger partial charge in [0.1, 0.15) is 0 Å². The fourth-order valence-electron chi connectivity index (χ4n) is 2.78. The fourth-order valence-corrected chi connectivity index (χ4v) is 2.78. The second kappa shape index (κ2) is 8.80. The number of aromatic nitrogens is 1. The van der Waals surface area contributed by atoms with Gasteiger partial charge in [-0.3, -0.25) is 4.98 Å². The minimum absolute atomic E-state index is 0. The van der Waals surface area contributed by atoms with E-state index in [9.17, 15) is 0 Å². The lowest BCUT2D eigenvalue weighted by Crippen LogP contribution is -2.41. The number of hydrogen-bond acceptors (Lipinski definition) is 4. The number of halogens is 2. The monoisotopic (exact) mass is 320 g/mol. The first-order chi connectivity index (χ1) is 8.92. The third kappa shape index (κ3) is 4.57. The van der Waals surface area contributed by atoms with Crippen LogP contribution in [0.25, 0.3) is 0 Å². The highest BCUT2D eigenvalue weighted by Gasteiger charge is 2.34. The molecule has 0 aromatic carbocycles. The standard InChI is InChI=1S/C14H20N2O2.2ClH/c1-2-7-15-11(3-1)9-17-10-12-4-5-13-14(18-12)6-8-16-13;;/h1-3,7,12-14,16H,4-6,8-10H2;2*1H/t12-,13+,14+;;/m0../s1. The Morgan fingerprint density at radius 3 is 2.95 bits per heavy atom. The Morgan fingerprint density at radius 1 is 1.25 bits per heavy atom. The molecule has 3 atom stereocenters. The molecule has 0 spiro atoms. The zero-order chi connectivity index (χ0) is 12.2. The second-order valence-electron chi connectivity index (χ2n) is 5.06. The van der Waals surface area contributed by atoms with Gasteiger partial charge in [-0.15, -0.1) is 24.8 Å². The summed E-state index contributed by atoms with van der Waals surface area (Å²) in [7, 11) is 0. The average Bonchev–Trinajstić information content (AvgIpc) is 2.87. The molecule has 6 heteroatoms. The van der Waals surface area contributed by atoms with Crippen LogP contribution < -0.4 is 5.32 Å². The van der Waals surface area contributed by atoms with E-state index in [4.69, 9.17) is 9.47 Å². The van der Waals surface area contributed by atoms with Crippen LogP contribution in [-0.4, -0.2) is 36.4 Å². The van der Waals surface area contributed by atoms with Crippen molar-refractivity contribution in [1.82, 2.24) is 10.3 Å². The highest BCUT2D eigenvalue weighted by molar-refractivity contribution is 5.85. The molecular formula is C14H22Cl2N2O2. The first-order valence-electron chi connectivity index (χ1n) is 6.78. The molecule has 1 aromatic heterocycles. The van der Waals surface area contributed by atoms with Crippen LogP contribution >= 0.6 is 24.8 Å². The van der Waals surface area contributed by atoms with Crippen molar-refractivity contribution in [3.8, 4) is 0 Å². The summed E-state index contributed by atoms with van der Waals surface area (Å²) < 4.78 is 11.7. The van der Waals surface area contributed by atoms with Crippen LogP contribution in [0.1, 0.15) is 25.0 Å². The van der Waals surface area contributed by atoms with Gasteiger partial charge in [0.05, 0.1) is 31.1 Å². The van der Waals surface area contributed by atoms with E-state index in [0.29, 0.717) is 25.4 Å². The molecule has 2 aliphatic heterocycles. The van der Waals surface area contributed by atoms with E-state index in [-0.39, 0.29) is 30.9 Å². The summed E-state index contributed by atoms with van der Waals surface area (Å²) in [5.41, 5.74) is 0.980. The Kier molecular flexibility index (Phi) is 7.77. The van der Waals surface area contributed by atoms with Gasteiger partial charge >= 0.3 is 0 Å². The molecule has 1 aromatic rings. The molecule has 2 fully saturated rings. The van der Waals surface area contributed by atoms with Crippen LogP contribution in [0.3, 0.4) is 0 Å². The molecule has 114 valence electrons. The largest absolute Gasteiger partial charge is 0.372 e. The lowest BCUT2D eigenvalue weighted by molar-refractivity contribution is -0.0911. The Labute approximate surface area is 132 Å². The van der Waals surface area contributed by atoms with Crippen molar-refractivity contribution in [3.63, 3.8) is 0 Å². The number of hydrogen-bond donors (Lipinski definition) is 1. The molecule has 3 rings (SSSR count). The topological polar surface area (TPSA) is 43.4 Å². The summed E-state index contributed by atoms with van der Waals surface area (Å²) in [4.78, 5) is 4.24. The highest BCUT2D eigenvalue weighted by atomic mass is 35.5. The second-order valence-corrected chi connectivity index (χ2v) is 5.06. The molecule has 0 amide bonds. The van der Waals surface area contributed by atoms with Gasteiger partial charge in [0.2, 0.25) is 0 Å². The number of pyridine rings is 1. The Hall–Kier alpha value is -0.390. The van der Waals surface area contributed by atoms with Crippen LogP contribution in [0.2, 0.25) is 0 Å². The molecule has 3 heterocycles. The fraction of sp³-hybridized carbons (Fsp3) is 0.643. The predicted octanol–water partition coefficient (Wildman–Crippen LogP) is 2.35. The third-order valence-electron chi connectivity index (χ3n) is 3.73. The number of fused-ring (bicyclic) bond motifs is 1. The summed E-state index contributed by atoms with van der Waals surface area (Å²) in [5.74, 6) is 0. The number of nitrogens with one attached hydrogen (secondary N) is 1. The van der Waals surface area contributed by atoms with Gasteiger partial charge in [-0.25, -0.2) is 0 Å². The van der Waals surface area contributed by atoms with Gasteiger partial charge in [0.15, 0.2) is 0 Å². The minimum atomic E-state index is 0. The Morgan fingerprint density at radius 2 is 2.15 bits per heavy atom. The molecule has 0 unspecified atom stereocenters. The number of nitrogens with zero attached hydrogens (tertiary/aromatic N) is 1. The SMILES string of the molecule is Cl.Cl.c1ccc(COC[C@@H]2CC[C@H]3NCC[C@H]3O2)nc1. The van der Waals surface area contributed by atoms with Gasteiger partial charge in [0, 0.05) is 12.2 Å². The smallest absolute Gasteiger partial charge is 0.0889 e. The third-order valence-corrected chi connectivity index (χ3v) is 3.73. The van der Waals surface area contributed by atoms with Crippen LogP contribution in [0.15, 0.2) is 24.4 Å². The van der Waals surface area contributed by atoms with Crippen molar-refractivity contribution >= 4 is 24.8 Å². The lowest BCUT2D eigenvalue weighted by Gasteiger charge is -2.32. The van der Waals surface area contributed by atoms with Gasteiger partial charge < -0.3 is 14.8 Å². The maximum absolute atomic E-state index is 6.04. The summed E-state index contributed by atoms with van der Waals surface area (Å²) in [6, 6.07) is 6.47. The predicted molar refractivity (Wildman–Crippen MR) is 82.7 cm³/mol. The van der Waals surface area contributed by atoms with E-state index in [0.717, 1.165) is 25.1 Å². The molecular weight excluding hydrogens is 299 g/mol. The highest BCUT2D eigenvalue weighted by Crippen LogP contribution is 2.25. The van der Waals surface area contributed by atoms with Crippen molar-refractivity contribution in [3.05, 3.63) is 30.1 Å². The maximum Gasteiger partial charge on any atom is 0.0889 e. The molecule has 1 N–H and O–H groups in total. The lowest BCUT2D eigenvalue weighted by atomic mass is 10.0. The van der Waals surface area contributed by atoms with Crippen LogP contribution in [0.5, 0.6) is 0 Å². The quantitative estimate of drug-likeness (QED) is 0.924. The van der Waals surface area contributed by atoms with Crippen molar-refractivity contribution in [2.45, 2.75) is 44.1 Å². The Bertz CT molecular complexity index is 381. The summed E-state index contributed by atoms with van der Waals surface area (Å²) in [5, 5.41) is 3.49. The van der Waals surface area contributed by atoms with Gasteiger partial charge in [-0.05, 0) is 37.9 Å². The number of rotatable bonds is 4. The van der Waals surface area contributed by atoms with E-state index < -0.39 is 0 Å². The zero-order valence-electron chi connectivity index (χ0n) is 11.4. The average molecular weight is 321 g/mol. The molecule has 2 aliphatic rings. The molecule has 0 saturated carbocycles. The first-order valence-corrected chi connectivity index (χ1v) is 6.78. The summed E-state index contributed by atoms with van der Waals surface area (Å²) >= 11 is 0. The van der Waals surface area contributed by atoms with Gasteiger partial charge in [-0.1, -0.05) is 6.07 Å². The zero-order valence-corrected chi connectivity index (χ0v) is 13.0. The van der Waals surface area contributed by atoms with Crippen molar-refractivity contribution in [2.75, 3.05) is 13.2 Å². The van der Waals surface area contributed by atoms with Crippen molar-refractivity contribution in [2.24, 2.45) is 0 Å². The van der Waals surface area contributed by atoms with E-state index in [2.05, 4.69) is 10.3 Å². The molecule has 2 saturated heterocycles. The molecule has 20 heavy (non-hydrogen) atoms. The van der Waals surface area contributed by atoms with E-state index >= 15 is 0 Å². The normalized spacial score (nSPS) is 28.1. The van der Waals surface area contributed by atoms with Crippen LogP contribution in [0.4, 0.5) is 0 Å². The van der Waals surface area contributed by atoms with E-state index in [1.165, 1.54) is 6.42 Å². The summed E-state index contributed by atoms with van der Waals surface area (Å²) in [6.45, 7) is 2.35. The maximum atomic E-state index is 6.04. The molecule has 0 aliphatic carbocycles. The molecule has 0 radical (unpaired) electrons. The van der Waals surface area contributed by atoms with Crippen molar-refractivity contribution < 1.29 is 9.47 Å². The Balaban J connectivity index is 0.000001000. The van der Waals surface area contributed by atoms with E-state index in [1.807, 2.05) is 18.2 Å². The van der Waals surface area contributed by atoms with Gasteiger partial charge in [-0.2, -0.15) is 0 Å². The number of ether oxygens (including phenoxy) is 2. The van der Waals surface area contributed by atoms with Gasteiger partial charge in [0.25, 0.3) is 0 Å². The molecule has 4 nitrogen and oxygen atoms in total. The van der Waals surface area contributed by atoms with Crippen LogP contribution in [0, 0.1) is 0 Å². The first kappa shape index (κ1) is 17.7.